The molecule has 166 valence electrons. The summed E-state index contributed by atoms with van der Waals surface area (Å²) in [6, 6.07) is 12.8. The van der Waals surface area contributed by atoms with Crippen molar-refractivity contribution in [1.82, 2.24) is 9.80 Å². The molecule has 0 bridgehead atoms. The van der Waals surface area contributed by atoms with E-state index in [1.807, 2.05) is 0 Å². The average molecular weight is 442 g/mol. The first-order chi connectivity index (χ1) is 15.4. The van der Waals surface area contributed by atoms with Crippen molar-refractivity contribution >= 4 is 11.8 Å². The fraction of sp³-hybridized carbons (Fsp3) is 0.250. The molecule has 0 atom stereocenters. The third kappa shape index (κ3) is 4.69. The molecular formula is C24H21F3N2O3. The molecular weight excluding hydrogens is 421 g/mol. The van der Waals surface area contributed by atoms with Crippen LogP contribution in [0.15, 0.2) is 59.0 Å². The summed E-state index contributed by atoms with van der Waals surface area (Å²) in [5.41, 5.74) is 0.444. The van der Waals surface area contributed by atoms with Gasteiger partial charge in [-0.15, -0.1) is 0 Å². The number of hydrogen-bond donors (Lipinski definition) is 0. The predicted molar refractivity (Wildman–Crippen MR) is 111 cm³/mol. The van der Waals surface area contributed by atoms with Gasteiger partial charge in [-0.25, -0.2) is 13.2 Å². The zero-order chi connectivity index (χ0) is 22.7. The van der Waals surface area contributed by atoms with E-state index in [2.05, 4.69) is 0 Å². The lowest BCUT2D eigenvalue weighted by molar-refractivity contribution is -0.132. The van der Waals surface area contributed by atoms with Crippen LogP contribution < -0.4 is 0 Å². The Kier molecular flexibility index (Phi) is 6.30. The fourth-order valence-corrected chi connectivity index (χ4v) is 3.68. The summed E-state index contributed by atoms with van der Waals surface area (Å²) < 4.78 is 46.0. The number of amides is 2. The second kappa shape index (κ2) is 9.30. The molecule has 1 saturated heterocycles. The Morgan fingerprint density at radius 2 is 1.53 bits per heavy atom. The van der Waals surface area contributed by atoms with Crippen molar-refractivity contribution < 1.29 is 27.2 Å². The number of hydrogen-bond acceptors (Lipinski definition) is 3. The van der Waals surface area contributed by atoms with E-state index in [4.69, 9.17) is 4.42 Å². The van der Waals surface area contributed by atoms with Crippen molar-refractivity contribution in [3.63, 3.8) is 0 Å². The lowest BCUT2D eigenvalue weighted by atomic mass is 10.1. The Bertz CT molecular complexity index is 1140. The van der Waals surface area contributed by atoms with Crippen LogP contribution in [0.2, 0.25) is 0 Å². The van der Waals surface area contributed by atoms with Gasteiger partial charge in [-0.05, 0) is 42.5 Å². The van der Waals surface area contributed by atoms with Gasteiger partial charge in [-0.2, -0.15) is 0 Å². The molecule has 4 rings (SSSR count). The monoisotopic (exact) mass is 442 g/mol. The molecule has 2 aromatic carbocycles. The van der Waals surface area contributed by atoms with Gasteiger partial charge in [0, 0.05) is 44.6 Å². The van der Waals surface area contributed by atoms with Gasteiger partial charge in [0.25, 0.3) is 5.91 Å². The fourth-order valence-electron chi connectivity index (χ4n) is 3.68. The molecule has 0 N–H and O–H groups in total. The smallest absolute Gasteiger partial charge is 0.254 e. The standard InChI is InChI=1S/C24H21F3N2O3/c25-19-4-2-1-3-18(19)22-9-6-17(32-22)7-10-23(30)28-11-13-29(14-12-28)24(31)16-5-8-20(26)21(27)15-16/h1-6,8-9,15H,7,10-14H2. The van der Waals surface area contributed by atoms with Gasteiger partial charge in [0.1, 0.15) is 17.3 Å². The number of rotatable bonds is 5. The topological polar surface area (TPSA) is 53.8 Å². The van der Waals surface area contributed by atoms with Gasteiger partial charge < -0.3 is 14.2 Å². The van der Waals surface area contributed by atoms with Crippen LogP contribution in [-0.2, 0) is 11.2 Å². The molecule has 8 heteroatoms. The van der Waals surface area contributed by atoms with Crippen molar-refractivity contribution in [2.75, 3.05) is 26.2 Å². The maximum atomic E-state index is 13.9. The molecule has 0 radical (unpaired) electrons. The van der Waals surface area contributed by atoms with E-state index in [1.165, 1.54) is 17.0 Å². The van der Waals surface area contributed by atoms with Gasteiger partial charge in [-0.3, -0.25) is 9.59 Å². The van der Waals surface area contributed by atoms with Gasteiger partial charge in [0.05, 0.1) is 5.56 Å². The number of nitrogens with zero attached hydrogens (tertiary/aromatic N) is 2. The number of carbonyl (C=O) groups is 2. The van der Waals surface area contributed by atoms with Crippen LogP contribution in [0.1, 0.15) is 22.5 Å². The highest BCUT2D eigenvalue weighted by Gasteiger charge is 2.25. The van der Waals surface area contributed by atoms with Crippen molar-refractivity contribution in [2.45, 2.75) is 12.8 Å². The molecule has 32 heavy (non-hydrogen) atoms. The minimum Gasteiger partial charge on any atom is -0.461 e. The summed E-state index contributed by atoms with van der Waals surface area (Å²) in [6.45, 7) is 1.32. The number of benzene rings is 2. The zero-order valence-electron chi connectivity index (χ0n) is 17.2. The molecule has 0 aliphatic carbocycles. The van der Waals surface area contributed by atoms with Crippen molar-refractivity contribution in [1.29, 1.82) is 0 Å². The Morgan fingerprint density at radius 3 is 2.25 bits per heavy atom. The number of aryl methyl sites for hydroxylation is 1. The molecule has 3 aromatic rings. The SMILES string of the molecule is O=C(CCc1ccc(-c2ccccc2F)o1)N1CCN(C(=O)c2ccc(F)c(F)c2)CC1. The molecule has 5 nitrogen and oxygen atoms in total. The highest BCUT2D eigenvalue weighted by Crippen LogP contribution is 2.25. The number of piperazine rings is 1. The van der Waals surface area contributed by atoms with Crippen LogP contribution in [0.5, 0.6) is 0 Å². The molecule has 0 saturated carbocycles. The second-order valence-corrected chi connectivity index (χ2v) is 7.55. The van der Waals surface area contributed by atoms with Crippen LogP contribution in [0.3, 0.4) is 0 Å². The van der Waals surface area contributed by atoms with E-state index in [1.54, 1.807) is 35.2 Å². The molecule has 1 aliphatic rings. The van der Waals surface area contributed by atoms with E-state index in [0.29, 0.717) is 49.7 Å². The van der Waals surface area contributed by atoms with Crippen LogP contribution in [0, 0.1) is 17.5 Å². The number of furan rings is 1. The van der Waals surface area contributed by atoms with E-state index in [9.17, 15) is 22.8 Å². The minimum absolute atomic E-state index is 0.0752. The number of halogens is 3. The first kappa shape index (κ1) is 21.7. The summed E-state index contributed by atoms with van der Waals surface area (Å²) >= 11 is 0. The second-order valence-electron chi connectivity index (χ2n) is 7.55. The van der Waals surface area contributed by atoms with Crippen molar-refractivity contribution in [3.05, 3.63) is 83.4 Å². The molecule has 0 spiro atoms. The highest BCUT2D eigenvalue weighted by molar-refractivity contribution is 5.94. The first-order valence-electron chi connectivity index (χ1n) is 10.3. The van der Waals surface area contributed by atoms with Gasteiger partial charge >= 0.3 is 0 Å². The summed E-state index contributed by atoms with van der Waals surface area (Å²) in [5.74, 6) is -1.92. The Morgan fingerprint density at radius 1 is 0.812 bits per heavy atom. The summed E-state index contributed by atoms with van der Waals surface area (Å²) in [5, 5.41) is 0. The van der Waals surface area contributed by atoms with Crippen molar-refractivity contribution in [2.24, 2.45) is 0 Å². The Balaban J connectivity index is 1.28. The van der Waals surface area contributed by atoms with E-state index < -0.39 is 17.5 Å². The third-order valence-corrected chi connectivity index (χ3v) is 5.47. The van der Waals surface area contributed by atoms with Gasteiger partial charge in [0.2, 0.25) is 5.91 Å². The van der Waals surface area contributed by atoms with Gasteiger partial charge in [0.15, 0.2) is 11.6 Å². The third-order valence-electron chi connectivity index (χ3n) is 5.47. The molecule has 1 fully saturated rings. The molecule has 1 aliphatic heterocycles. The van der Waals surface area contributed by atoms with Crippen LogP contribution in [-0.4, -0.2) is 47.8 Å². The van der Waals surface area contributed by atoms with E-state index in [0.717, 1.165) is 12.1 Å². The minimum atomic E-state index is -1.07. The molecule has 1 aromatic heterocycles. The van der Waals surface area contributed by atoms with Crippen LogP contribution in [0.25, 0.3) is 11.3 Å². The molecule has 2 heterocycles. The summed E-state index contributed by atoms with van der Waals surface area (Å²) in [4.78, 5) is 28.2. The average Bonchev–Trinajstić information content (AvgIpc) is 3.28. The summed E-state index contributed by atoms with van der Waals surface area (Å²) in [6.07, 6.45) is 0.600. The molecule has 2 amide bonds. The Labute approximate surface area is 183 Å². The van der Waals surface area contributed by atoms with Gasteiger partial charge in [-0.1, -0.05) is 12.1 Å². The number of carbonyl (C=O) groups excluding carboxylic acids is 2. The van der Waals surface area contributed by atoms with E-state index >= 15 is 0 Å². The zero-order valence-corrected chi connectivity index (χ0v) is 17.2. The van der Waals surface area contributed by atoms with Crippen molar-refractivity contribution in [3.8, 4) is 11.3 Å². The lowest BCUT2D eigenvalue weighted by Gasteiger charge is -2.34. The molecule has 0 unspecified atom stereocenters. The van der Waals surface area contributed by atoms with Crippen LogP contribution in [0.4, 0.5) is 13.2 Å². The normalized spacial score (nSPS) is 14.0. The van der Waals surface area contributed by atoms with Crippen LogP contribution >= 0.6 is 0 Å². The maximum absolute atomic E-state index is 13.9. The summed E-state index contributed by atoms with van der Waals surface area (Å²) in [7, 11) is 0. The first-order valence-corrected chi connectivity index (χ1v) is 10.3. The Hall–Kier alpha value is -3.55. The lowest BCUT2D eigenvalue weighted by Crippen LogP contribution is -2.50. The largest absolute Gasteiger partial charge is 0.461 e. The maximum Gasteiger partial charge on any atom is 0.254 e. The quantitative estimate of drug-likeness (QED) is 0.593. The highest BCUT2D eigenvalue weighted by atomic mass is 19.2. The van der Waals surface area contributed by atoms with E-state index in [-0.39, 0.29) is 23.7 Å². The predicted octanol–water partition coefficient (Wildman–Crippen LogP) is 4.28.